The summed E-state index contributed by atoms with van der Waals surface area (Å²) in [5, 5.41) is 0. The van der Waals surface area contributed by atoms with E-state index in [1.807, 2.05) is 0 Å². The maximum atomic E-state index is 12.5. The lowest BCUT2D eigenvalue weighted by Gasteiger charge is -2.32. The molecular weight excluding hydrogens is 354 g/mol. The number of ether oxygens (including phenoxy) is 1. The highest BCUT2D eigenvalue weighted by atomic mass is 32.2. The first-order chi connectivity index (χ1) is 12.5. The van der Waals surface area contributed by atoms with Crippen molar-refractivity contribution in [2.45, 2.75) is 11.0 Å². The molecule has 7 heteroatoms. The first-order valence-electron chi connectivity index (χ1n) is 8.10. The molecule has 1 aliphatic heterocycles. The van der Waals surface area contributed by atoms with E-state index in [9.17, 15) is 13.2 Å². The third-order valence-corrected chi connectivity index (χ3v) is 5.24. The Bertz CT molecular complexity index is 895. The van der Waals surface area contributed by atoms with Crippen LogP contribution >= 0.6 is 0 Å². The number of rotatable bonds is 6. The molecule has 1 atom stereocenters. The van der Waals surface area contributed by atoms with E-state index in [4.69, 9.17) is 8.92 Å². The standard InChI is InChI=1S/C19H19NO5S/c1-2-12-20-13-18(24-14-19(20)21)16-10-6-7-11-17(16)25-26(22,23)15-8-4-3-5-9-15/h2-11,18H,1,12-14H2/t18-/m0/s1. The number of carbonyl (C=O) groups is 1. The van der Waals surface area contributed by atoms with E-state index in [1.165, 1.54) is 12.1 Å². The zero-order chi connectivity index (χ0) is 18.6. The Morgan fingerprint density at radius 3 is 2.58 bits per heavy atom. The summed E-state index contributed by atoms with van der Waals surface area (Å²) in [6, 6.07) is 14.7. The lowest BCUT2D eigenvalue weighted by atomic mass is 10.1. The van der Waals surface area contributed by atoms with E-state index in [0.29, 0.717) is 18.7 Å². The predicted molar refractivity (Wildman–Crippen MR) is 96.2 cm³/mol. The molecule has 1 aliphatic rings. The minimum Gasteiger partial charge on any atom is -0.379 e. The molecule has 2 aromatic carbocycles. The normalized spacial score (nSPS) is 17.8. The fraction of sp³-hybridized carbons (Fsp3) is 0.211. The molecule has 1 heterocycles. The van der Waals surface area contributed by atoms with Gasteiger partial charge in [-0.25, -0.2) is 0 Å². The summed E-state index contributed by atoms with van der Waals surface area (Å²) in [5.41, 5.74) is 0.577. The molecule has 3 rings (SSSR count). The Balaban J connectivity index is 1.87. The van der Waals surface area contributed by atoms with Gasteiger partial charge in [-0.1, -0.05) is 42.5 Å². The largest absolute Gasteiger partial charge is 0.379 e. The molecule has 0 saturated carbocycles. The zero-order valence-corrected chi connectivity index (χ0v) is 14.9. The van der Waals surface area contributed by atoms with Crippen LogP contribution in [0.15, 0.2) is 72.1 Å². The van der Waals surface area contributed by atoms with Crippen molar-refractivity contribution < 1.29 is 22.1 Å². The number of hydrogen-bond donors (Lipinski definition) is 0. The van der Waals surface area contributed by atoms with Crippen LogP contribution in [0, 0.1) is 0 Å². The molecule has 0 unspecified atom stereocenters. The van der Waals surface area contributed by atoms with Gasteiger partial charge in [0.25, 0.3) is 0 Å². The first kappa shape index (κ1) is 18.2. The van der Waals surface area contributed by atoms with E-state index in [-0.39, 0.29) is 23.2 Å². The summed E-state index contributed by atoms with van der Waals surface area (Å²) >= 11 is 0. The molecule has 0 N–H and O–H groups in total. The molecule has 0 spiro atoms. The lowest BCUT2D eigenvalue weighted by molar-refractivity contribution is -0.148. The molecule has 0 radical (unpaired) electrons. The first-order valence-corrected chi connectivity index (χ1v) is 9.51. The second kappa shape index (κ2) is 7.72. The van der Waals surface area contributed by atoms with Crippen LogP contribution in [-0.2, 0) is 19.6 Å². The second-order valence-electron chi connectivity index (χ2n) is 5.78. The summed E-state index contributed by atoms with van der Waals surface area (Å²) in [4.78, 5) is 13.6. The topological polar surface area (TPSA) is 72.9 Å². The van der Waals surface area contributed by atoms with Gasteiger partial charge in [-0.15, -0.1) is 6.58 Å². The van der Waals surface area contributed by atoms with E-state index in [1.54, 1.807) is 53.4 Å². The van der Waals surface area contributed by atoms with Gasteiger partial charge < -0.3 is 13.8 Å². The number of para-hydroxylation sites is 1. The minimum atomic E-state index is -3.96. The Morgan fingerprint density at radius 2 is 1.85 bits per heavy atom. The van der Waals surface area contributed by atoms with E-state index < -0.39 is 16.2 Å². The lowest BCUT2D eigenvalue weighted by Crippen LogP contribution is -2.43. The average Bonchev–Trinajstić information content (AvgIpc) is 2.65. The van der Waals surface area contributed by atoms with Crippen molar-refractivity contribution in [3.8, 4) is 5.75 Å². The highest BCUT2D eigenvalue weighted by Crippen LogP contribution is 2.32. The van der Waals surface area contributed by atoms with Crippen LogP contribution in [-0.4, -0.2) is 38.9 Å². The van der Waals surface area contributed by atoms with Gasteiger partial charge >= 0.3 is 10.1 Å². The van der Waals surface area contributed by atoms with Crippen molar-refractivity contribution in [3.63, 3.8) is 0 Å². The third-order valence-electron chi connectivity index (χ3n) is 3.99. The summed E-state index contributed by atoms with van der Waals surface area (Å²) in [7, 11) is -3.96. The highest BCUT2D eigenvalue weighted by molar-refractivity contribution is 7.87. The number of amides is 1. The van der Waals surface area contributed by atoms with Crippen molar-refractivity contribution in [1.29, 1.82) is 0 Å². The Labute approximate surface area is 152 Å². The minimum absolute atomic E-state index is 0.0712. The van der Waals surface area contributed by atoms with Gasteiger partial charge in [0, 0.05) is 12.1 Å². The maximum absolute atomic E-state index is 12.5. The van der Waals surface area contributed by atoms with Crippen LogP contribution in [0.5, 0.6) is 5.75 Å². The smallest absolute Gasteiger partial charge is 0.339 e. The van der Waals surface area contributed by atoms with Crippen LogP contribution < -0.4 is 4.18 Å². The van der Waals surface area contributed by atoms with Crippen molar-refractivity contribution >= 4 is 16.0 Å². The second-order valence-corrected chi connectivity index (χ2v) is 7.32. The Morgan fingerprint density at radius 1 is 1.15 bits per heavy atom. The quantitative estimate of drug-likeness (QED) is 0.575. The average molecular weight is 373 g/mol. The summed E-state index contributed by atoms with van der Waals surface area (Å²) in [6.07, 6.45) is 1.16. The van der Waals surface area contributed by atoms with Gasteiger partial charge in [0.15, 0.2) is 0 Å². The van der Waals surface area contributed by atoms with Crippen molar-refractivity contribution in [2.75, 3.05) is 19.7 Å². The van der Waals surface area contributed by atoms with Crippen LogP contribution in [0.25, 0.3) is 0 Å². The highest BCUT2D eigenvalue weighted by Gasteiger charge is 2.29. The summed E-state index contributed by atoms with van der Waals surface area (Å²) in [6.45, 7) is 4.29. The fourth-order valence-corrected chi connectivity index (χ4v) is 3.69. The number of hydrogen-bond acceptors (Lipinski definition) is 5. The molecule has 6 nitrogen and oxygen atoms in total. The predicted octanol–water partition coefficient (Wildman–Crippen LogP) is 2.54. The van der Waals surface area contributed by atoms with Gasteiger partial charge in [-0.2, -0.15) is 8.42 Å². The zero-order valence-electron chi connectivity index (χ0n) is 14.1. The number of carbonyl (C=O) groups excluding carboxylic acids is 1. The molecule has 1 saturated heterocycles. The van der Waals surface area contributed by atoms with E-state index >= 15 is 0 Å². The molecule has 0 aliphatic carbocycles. The fourth-order valence-electron chi connectivity index (χ4n) is 2.71. The van der Waals surface area contributed by atoms with Crippen molar-refractivity contribution in [3.05, 3.63) is 72.8 Å². The number of nitrogens with zero attached hydrogens (tertiary/aromatic N) is 1. The third kappa shape index (κ3) is 3.95. The SMILES string of the molecule is C=CCN1C[C@@H](c2ccccc2OS(=O)(=O)c2ccccc2)OCC1=O. The monoisotopic (exact) mass is 373 g/mol. The van der Waals surface area contributed by atoms with Crippen LogP contribution in [0.1, 0.15) is 11.7 Å². The molecule has 0 aromatic heterocycles. The molecule has 2 aromatic rings. The van der Waals surface area contributed by atoms with Crippen LogP contribution in [0.4, 0.5) is 0 Å². The number of morpholine rings is 1. The molecule has 26 heavy (non-hydrogen) atoms. The van der Waals surface area contributed by atoms with Gasteiger partial charge in [-0.3, -0.25) is 4.79 Å². The van der Waals surface area contributed by atoms with Crippen LogP contribution in [0.3, 0.4) is 0 Å². The molecule has 1 fully saturated rings. The van der Waals surface area contributed by atoms with Gasteiger partial charge in [0.1, 0.15) is 23.4 Å². The molecule has 0 bridgehead atoms. The van der Waals surface area contributed by atoms with Gasteiger partial charge in [0.2, 0.25) is 5.91 Å². The molecular formula is C19H19NO5S. The molecule has 1 amide bonds. The summed E-state index contributed by atoms with van der Waals surface area (Å²) in [5.74, 6) is 0.0608. The van der Waals surface area contributed by atoms with Gasteiger partial charge in [-0.05, 0) is 18.2 Å². The van der Waals surface area contributed by atoms with Crippen molar-refractivity contribution in [2.24, 2.45) is 0 Å². The molecule has 136 valence electrons. The van der Waals surface area contributed by atoms with Crippen LogP contribution in [0.2, 0.25) is 0 Å². The Kier molecular flexibility index (Phi) is 5.39. The van der Waals surface area contributed by atoms with E-state index in [2.05, 4.69) is 6.58 Å². The maximum Gasteiger partial charge on any atom is 0.339 e. The Hall–Kier alpha value is -2.64. The summed E-state index contributed by atoms with van der Waals surface area (Å²) < 4.78 is 36.0. The number of benzene rings is 2. The van der Waals surface area contributed by atoms with E-state index in [0.717, 1.165) is 0 Å². The van der Waals surface area contributed by atoms with Crippen molar-refractivity contribution in [1.82, 2.24) is 4.90 Å². The van der Waals surface area contributed by atoms with Gasteiger partial charge in [0.05, 0.1) is 6.54 Å².